The average molecular weight is 568 g/mol. The highest BCUT2D eigenvalue weighted by Gasteiger charge is 2.34. The second-order valence-electron chi connectivity index (χ2n) is 8.05. The third-order valence-corrected chi connectivity index (χ3v) is 6.86. The molecule has 198 valence electrons. The number of sulfonamides is 1. The highest BCUT2D eigenvalue weighted by Crippen LogP contribution is 2.36. The molecule has 0 fully saturated rings. The molecule has 36 heavy (non-hydrogen) atoms. The minimum absolute atomic E-state index is 0.103. The van der Waals surface area contributed by atoms with Crippen LogP contribution in [0.5, 0.6) is 0 Å². The van der Waals surface area contributed by atoms with Crippen molar-refractivity contribution < 1.29 is 31.2 Å². The Morgan fingerprint density at radius 3 is 2.33 bits per heavy atom. The quantitative estimate of drug-likeness (QED) is 0.450. The third-order valence-electron chi connectivity index (χ3n) is 5.18. The van der Waals surface area contributed by atoms with Gasteiger partial charge in [-0.3, -0.25) is 13.9 Å². The lowest BCUT2D eigenvalue weighted by Crippen LogP contribution is -2.51. The fourth-order valence-corrected chi connectivity index (χ4v) is 4.62. The molecule has 0 radical (unpaired) electrons. The molecule has 0 aliphatic carbocycles. The van der Waals surface area contributed by atoms with Crippen LogP contribution in [0, 0.1) is 0 Å². The fraction of sp³-hybridized carbons (Fsp3) is 0.391. The van der Waals surface area contributed by atoms with Gasteiger partial charge in [0.2, 0.25) is 21.8 Å². The maximum absolute atomic E-state index is 13.4. The largest absolute Gasteiger partial charge is 0.416 e. The van der Waals surface area contributed by atoms with E-state index in [4.69, 9.17) is 23.2 Å². The van der Waals surface area contributed by atoms with Crippen molar-refractivity contribution in [1.29, 1.82) is 0 Å². The molecule has 2 amide bonds. The lowest BCUT2D eigenvalue weighted by atomic mass is 10.1. The van der Waals surface area contributed by atoms with Crippen molar-refractivity contribution in [2.45, 2.75) is 39.0 Å². The van der Waals surface area contributed by atoms with E-state index in [9.17, 15) is 31.2 Å². The number of nitrogens with one attached hydrogen (secondary N) is 1. The maximum atomic E-state index is 13.4. The van der Waals surface area contributed by atoms with Crippen molar-refractivity contribution in [3.05, 3.63) is 63.6 Å². The minimum Gasteiger partial charge on any atom is -0.354 e. The number of alkyl halides is 3. The van der Waals surface area contributed by atoms with Gasteiger partial charge < -0.3 is 10.2 Å². The molecule has 1 N–H and O–H groups in total. The monoisotopic (exact) mass is 567 g/mol. The van der Waals surface area contributed by atoms with Crippen LogP contribution in [0.25, 0.3) is 0 Å². The summed E-state index contributed by atoms with van der Waals surface area (Å²) in [7, 11) is -4.26. The molecule has 7 nitrogen and oxygen atoms in total. The molecule has 0 aliphatic heterocycles. The number of hydrogen-bond acceptors (Lipinski definition) is 4. The molecule has 2 aromatic carbocycles. The van der Waals surface area contributed by atoms with Crippen LogP contribution in [-0.2, 0) is 32.3 Å². The second-order valence-corrected chi connectivity index (χ2v) is 10.8. The topological polar surface area (TPSA) is 86.8 Å². The van der Waals surface area contributed by atoms with Gasteiger partial charge in [0.25, 0.3) is 0 Å². The number of rotatable bonds is 10. The zero-order chi connectivity index (χ0) is 27.3. The lowest BCUT2D eigenvalue weighted by Gasteiger charge is -2.32. The summed E-state index contributed by atoms with van der Waals surface area (Å²) in [4.78, 5) is 27.2. The number of anilines is 1. The van der Waals surface area contributed by atoms with Gasteiger partial charge in [0.05, 0.1) is 22.5 Å². The Hall–Kier alpha value is -2.50. The number of halogens is 5. The minimum atomic E-state index is -4.77. The van der Waals surface area contributed by atoms with Crippen LogP contribution in [0.1, 0.15) is 31.4 Å². The van der Waals surface area contributed by atoms with E-state index >= 15 is 0 Å². The van der Waals surface area contributed by atoms with Gasteiger partial charge in [0.1, 0.15) is 12.6 Å². The van der Waals surface area contributed by atoms with E-state index in [-0.39, 0.29) is 11.6 Å². The standard InChI is InChI=1S/C23H26Cl2F3N3O4S/c1-4-10-29-22(33)15(2)30(13-16-6-5-7-18(24)11-16)21(32)14-31(36(3,34)35)20-12-17(23(26,27)28)8-9-19(20)25/h5-9,11-12,15H,4,10,13-14H2,1-3H3,(H,29,33)/t15-/m0/s1. The predicted octanol–water partition coefficient (Wildman–Crippen LogP) is 4.72. The van der Waals surface area contributed by atoms with Gasteiger partial charge in [0.15, 0.2) is 0 Å². The first kappa shape index (κ1) is 29.7. The van der Waals surface area contributed by atoms with Crippen LogP contribution in [0.3, 0.4) is 0 Å². The predicted molar refractivity (Wildman–Crippen MR) is 133 cm³/mol. The van der Waals surface area contributed by atoms with Crippen LogP contribution in [0.2, 0.25) is 10.0 Å². The zero-order valence-electron chi connectivity index (χ0n) is 19.8. The van der Waals surface area contributed by atoms with Gasteiger partial charge in [-0.05, 0) is 49.2 Å². The van der Waals surface area contributed by atoms with E-state index in [1.807, 2.05) is 6.92 Å². The van der Waals surface area contributed by atoms with E-state index in [1.54, 1.807) is 24.3 Å². The summed E-state index contributed by atoms with van der Waals surface area (Å²) in [5.41, 5.74) is -1.08. The molecule has 0 aliphatic rings. The second kappa shape index (κ2) is 12.2. The van der Waals surface area contributed by atoms with E-state index in [0.717, 1.165) is 17.2 Å². The van der Waals surface area contributed by atoms with Crippen LogP contribution in [-0.4, -0.2) is 50.5 Å². The summed E-state index contributed by atoms with van der Waals surface area (Å²) < 4.78 is 65.5. The van der Waals surface area contributed by atoms with Crippen molar-refractivity contribution >= 4 is 50.7 Å². The number of carbonyl (C=O) groups is 2. The third kappa shape index (κ3) is 8.01. The lowest BCUT2D eigenvalue weighted by molar-refractivity contribution is -0.139. The van der Waals surface area contributed by atoms with Gasteiger partial charge in [-0.15, -0.1) is 0 Å². The number of amides is 2. The Morgan fingerprint density at radius 1 is 1.11 bits per heavy atom. The Kier molecular flexibility index (Phi) is 10.0. The molecule has 2 aromatic rings. The highest BCUT2D eigenvalue weighted by atomic mass is 35.5. The summed E-state index contributed by atoms with van der Waals surface area (Å²) in [6.45, 7) is 2.69. The first-order valence-electron chi connectivity index (χ1n) is 10.8. The Bertz CT molecular complexity index is 1210. The number of benzene rings is 2. The highest BCUT2D eigenvalue weighted by molar-refractivity contribution is 7.92. The van der Waals surface area contributed by atoms with Gasteiger partial charge in [-0.25, -0.2) is 8.42 Å². The molecule has 0 aromatic heterocycles. The summed E-state index contributed by atoms with van der Waals surface area (Å²) in [5, 5.41) is 2.77. The number of hydrogen-bond donors (Lipinski definition) is 1. The van der Waals surface area contributed by atoms with Crippen molar-refractivity contribution in [1.82, 2.24) is 10.2 Å². The summed E-state index contributed by atoms with van der Waals surface area (Å²) in [6, 6.07) is 7.67. The molecular weight excluding hydrogens is 542 g/mol. The van der Waals surface area contributed by atoms with E-state index in [2.05, 4.69) is 5.32 Å². The molecule has 0 saturated carbocycles. The molecule has 0 unspecified atom stereocenters. The smallest absolute Gasteiger partial charge is 0.354 e. The molecule has 2 rings (SSSR count). The fourth-order valence-electron chi connectivity index (χ4n) is 3.29. The van der Waals surface area contributed by atoms with Crippen LogP contribution >= 0.6 is 23.2 Å². The Morgan fingerprint density at radius 2 is 1.78 bits per heavy atom. The van der Waals surface area contributed by atoms with Crippen molar-refractivity contribution in [2.24, 2.45) is 0 Å². The van der Waals surface area contributed by atoms with Crippen molar-refractivity contribution in [2.75, 3.05) is 23.7 Å². The van der Waals surface area contributed by atoms with Gasteiger partial charge in [0, 0.05) is 18.1 Å². The molecule has 0 bridgehead atoms. The van der Waals surface area contributed by atoms with Crippen molar-refractivity contribution in [3.8, 4) is 0 Å². The summed E-state index contributed by atoms with van der Waals surface area (Å²) >= 11 is 12.1. The normalized spacial score (nSPS) is 12.7. The first-order chi connectivity index (χ1) is 16.6. The number of nitrogens with zero attached hydrogens (tertiary/aromatic N) is 2. The van der Waals surface area contributed by atoms with Crippen LogP contribution < -0.4 is 9.62 Å². The summed E-state index contributed by atoms with van der Waals surface area (Å²) in [5.74, 6) is -1.30. The van der Waals surface area contributed by atoms with Gasteiger partial charge >= 0.3 is 6.18 Å². The molecule has 0 saturated heterocycles. The van der Waals surface area contributed by atoms with Crippen molar-refractivity contribution in [3.63, 3.8) is 0 Å². The number of carbonyl (C=O) groups excluding carboxylic acids is 2. The Labute approximate surface area is 218 Å². The van der Waals surface area contributed by atoms with E-state index in [1.165, 1.54) is 6.92 Å². The van der Waals surface area contributed by atoms with E-state index in [0.29, 0.717) is 40.0 Å². The van der Waals surface area contributed by atoms with E-state index < -0.39 is 51.9 Å². The van der Waals surface area contributed by atoms with Crippen LogP contribution in [0.15, 0.2) is 42.5 Å². The van der Waals surface area contributed by atoms with Gasteiger partial charge in [-0.1, -0.05) is 42.3 Å². The molecular formula is C23H26Cl2F3N3O4S. The zero-order valence-corrected chi connectivity index (χ0v) is 22.1. The molecule has 13 heteroatoms. The first-order valence-corrected chi connectivity index (χ1v) is 13.4. The Balaban J connectivity index is 2.48. The van der Waals surface area contributed by atoms with Gasteiger partial charge in [-0.2, -0.15) is 13.2 Å². The maximum Gasteiger partial charge on any atom is 0.416 e. The molecule has 0 heterocycles. The molecule has 0 spiro atoms. The molecule has 1 atom stereocenters. The summed E-state index contributed by atoms with van der Waals surface area (Å²) in [6.07, 6.45) is -3.37. The average Bonchev–Trinajstić information content (AvgIpc) is 2.78. The SMILES string of the molecule is CCCNC(=O)[C@H](C)N(Cc1cccc(Cl)c1)C(=O)CN(c1cc(C(F)(F)F)ccc1Cl)S(C)(=O)=O. The van der Waals surface area contributed by atoms with Crippen LogP contribution in [0.4, 0.5) is 18.9 Å².